The predicted octanol–water partition coefficient (Wildman–Crippen LogP) is 4.45. The average Bonchev–Trinajstić information content (AvgIpc) is 2.42. The number of hydrogen-bond donors (Lipinski definition) is 1. The van der Waals surface area contributed by atoms with Gasteiger partial charge in [0.1, 0.15) is 11.6 Å². The summed E-state index contributed by atoms with van der Waals surface area (Å²) in [7, 11) is 0. The molecule has 2 aromatic carbocycles. The van der Waals surface area contributed by atoms with Gasteiger partial charge in [-0.3, -0.25) is 0 Å². The van der Waals surface area contributed by atoms with Crippen molar-refractivity contribution in [2.75, 3.05) is 0 Å². The van der Waals surface area contributed by atoms with E-state index in [2.05, 4.69) is 21.2 Å². The fraction of sp³-hybridized carbons (Fsp3) is 0.250. The molecule has 106 valence electrons. The summed E-state index contributed by atoms with van der Waals surface area (Å²) in [6.45, 7) is 2.35. The lowest BCUT2D eigenvalue weighted by atomic mass is 10.1. The Morgan fingerprint density at radius 1 is 1.10 bits per heavy atom. The van der Waals surface area contributed by atoms with E-state index >= 15 is 0 Å². The highest BCUT2D eigenvalue weighted by Gasteiger charge is 2.07. The minimum absolute atomic E-state index is 0.179. The largest absolute Gasteiger partial charge is 0.310 e. The summed E-state index contributed by atoms with van der Waals surface area (Å²) < 4.78 is 27.6. The molecular weight excluding hydrogens is 324 g/mol. The number of halogens is 3. The van der Waals surface area contributed by atoms with Gasteiger partial charge in [0.15, 0.2) is 0 Å². The van der Waals surface area contributed by atoms with Crippen LogP contribution in [0.25, 0.3) is 0 Å². The molecule has 1 atom stereocenters. The van der Waals surface area contributed by atoms with Crippen LogP contribution in [0.15, 0.2) is 46.9 Å². The van der Waals surface area contributed by atoms with E-state index in [1.165, 1.54) is 11.6 Å². The lowest BCUT2D eigenvalue weighted by molar-refractivity contribution is 0.519. The SMILES string of the molecule is CC(Cc1ccc(Br)cc1)NCc1cc(F)ccc1F. The summed E-state index contributed by atoms with van der Waals surface area (Å²) in [6, 6.07) is 11.8. The van der Waals surface area contributed by atoms with Gasteiger partial charge in [0, 0.05) is 22.6 Å². The van der Waals surface area contributed by atoms with Crippen LogP contribution in [0.3, 0.4) is 0 Å². The van der Waals surface area contributed by atoms with Crippen molar-refractivity contribution < 1.29 is 8.78 Å². The topological polar surface area (TPSA) is 12.0 Å². The molecule has 0 aromatic heterocycles. The first-order valence-electron chi connectivity index (χ1n) is 6.46. The molecule has 0 aliphatic carbocycles. The molecule has 0 heterocycles. The van der Waals surface area contributed by atoms with E-state index < -0.39 is 5.82 Å². The Bertz CT molecular complexity index is 569. The molecule has 20 heavy (non-hydrogen) atoms. The van der Waals surface area contributed by atoms with Crippen molar-refractivity contribution in [2.24, 2.45) is 0 Å². The van der Waals surface area contributed by atoms with E-state index in [9.17, 15) is 8.78 Å². The van der Waals surface area contributed by atoms with Crippen molar-refractivity contribution in [1.82, 2.24) is 5.32 Å². The van der Waals surface area contributed by atoms with E-state index in [1.54, 1.807) is 0 Å². The highest BCUT2D eigenvalue weighted by Crippen LogP contribution is 2.13. The van der Waals surface area contributed by atoms with Gasteiger partial charge in [-0.1, -0.05) is 28.1 Å². The van der Waals surface area contributed by atoms with Gasteiger partial charge in [0.25, 0.3) is 0 Å². The molecule has 2 aromatic rings. The average molecular weight is 340 g/mol. The van der Waals surface area contributed by atoms with Crippen LogP contribution in [-0.2, 0) is 13.0 Å². The minimum atomic E-state index is -0.413. The minimum Gasteiger partial charge on any atom is -0.310 e. The van der Waals surface area contributed by atoms with Crippen molar-refractivity contribution in [2.45, 2.75) is 25.9 Å². The lowest BCUT2D eigenvalue weighted by Crippen LogP contribution is -2.28. The Hall–Kier alpha value is -1.26. The molecule has 0 radical (unpaired) electrons. The standard InChI is InChI=1S/C16H16BrF2N/c1-11(8-12-2-4-14(17)5-3-12)20-10-13-9-15(18)6-7-16(13)19/h2-7,9,11,20H,8,10H2,1H3. The van der Waals surface area contributed by atoms with Crippen LogP contribution in [0.5, 0.6) is 0 Å². The van der Waals surface area contributed by atoms with Crippen molar-refractivity contribution in [3.05, 3.63) is 69.7 Å². The van der Waals surface area contributed by atoms with Gasteiger partial charge in [0.05, 0.1) is 0 Å². The van der Waals surface area contributed by atoms with Crippen LogP contribution in [-0.4, -0.2) is 6.04 Å². The van der Waals surface area contributed by atoms with Crippen LogP contribution in [0.4, 0.5) is 8.78 Å². The Morgan fingerprint density at radius 2 is 1.80 bits per heavy atom. The van der Waals surface area contributed by atoms with Gasteiger partial charge in [-0.2, -0.15) is 0 Å². The molecule has 1 nitrogen and oxygen atoms in total. The molecular formula is C16H16BrF2N. The molecule has 4 heteroatoms. The summed E-state index contributed by atoms with van der Waals surface area (Å²) in [5, 5.41) is 3.21. The molecule has 0 spiro atoms. The summed E-state index contributed by atoms with van der Waals surface area (Å²) in [6.07, 6.45) is 0.838. The van der Waals surface area contributed by atoms with Crippen molar-refractivity contribution in [1.29, 1.82) is 0 Å². The third-order valence-corrected chi connectivity index (χ3v) is 3.63. The Morgan fingerprint density at radius 3 is 2.50 bits per heavy atom. The van der Waals surface area contributed by atoms with E-state index in [4.69, 9.17) is 0 Å². The lowest BCUT2D eigenvalue weighted by Gasteiger charge is -2.14. The first-order chi connectivity index (χ1) is 9.54. The third-order valence-electron chi connectivity index (χ3n) is 3.10. The zero-order chi connectivity index (χ0) is 14.5. The quantitative estimate of drug-likeness (QED) is 0.848. The van der Waals surface area contributed by atoms with Crippen LogP contribution >= 0.6 is 15.9 Å². The van der Waals surface area contributed by atoms with Gasteiger partial charge in [-0.15, -0.1) is 0 Å². The fourth-order valence-corrected chi connectivity index (χ4v) is 2.27. The highest BCUT2D eigenvalue weighted by atomic mass is 79.9. The molecule has 0 saturated heterocycles. The molecule has 0 saturated carbocycles. The number of hydrogen-bond acceptors (Lipinski definition) is 1. The summed E-state index contributed by atoms with van der Waals surface area (Å²) in [5.74, 6) is -0.793. The normalized spacial score (nSPS) is 12.4. The van der Waals surface area contributed by atoms with Gasteiger partial charge < -0.3 is 5.32 Å². The maximum atomic E-state index is 13.5. The van der Waals surface area contributed by atoms with E-state index in [0.717, 1.165) is 23.0 Å². The molecule has 0 aliphatic rings. The maximum Gasteiger partial charge on any atom is 0.127 e. The molecule has 1 N–H and O–H groups in total. The van der Waals surface area contributed by atoms with Gasteiger partial charge in [-0.05, 0) is 49.2 Å². The van der Waals surface area contributed by atoms with Gasteiger partial charge >= 0.3 is 0 Å². The monoisotopic (exact) mass is 339 g/mol. The summed E-state index contributed by atoms with van der Waals surface area (Å²) in [5.41, 5.74) is 1.56. The second kappa shape index (κ2) is 6.95. The Balaban J connectivity index is 1.90. The second-order valence-electron chi connectivity index (χ2n) is 4.85. The van der Waals surface area contributed by atoms with Crippen molar-refractivity contribution in [3.63, 3.8) is 0 Å². The van der Waals surface area contributed by atoms with Crippen LogP contribution in [0.1, 0.15) is 18.1 Å². The van der Waals surface area contributed by atoms with E-state index in [0.29, 0.717) is 12.1 Å². The first kappa shape index (κ1) is 15.1. The number of nitrogens with one attached hydrogen (secondary N) is 1. The second-order valence-corrected chi connectivity index (χ2v) is 5.76. The van der Waals surface area contributed by atoms with E-state index in [1.807, 2.05) is 31.2 Å². The zero-order valence-electron chi connectivity index (χ0n) is 11.2. The van der Waals surface area contributed by atoms with Crippen molar-refractivity contribution in [3.8, 4) is 0 Å². The number of rotatable bonds is 5. The molecule has 0 bridgehead atoms. The molecule has 0 amide bonds. The Labute approximate surface area is 126 Å². The van der Waals surface area contributed by atoms with Gasteiger partial charge in [-0.25, -0.2) is 8.78 Å². The van der Waals surface area contributed by atoms with E-state index in [-0.39, 0.29) is 11.9 Å². The van der Waals surface area contributed by atoms with Crippen LogP contribution < -0.4 is 5.32 Å². The van der Waals surface area contributed by atoms with Crippen LogP contribution in [0.2, 0.25) is 0 Å². The summed E-state index contributed by atoms with van der Waals surface area (Å²) in [4.78, 5) is 0. The van der Waals surface area contributed by atoms with Crippen molar-refractivity contribution >= 4 is 15.9 Å². The maximum absolute atomic E-state index is 13.5. The molecule has 2 rings (SSSR count). The van der Waals surface area contributed by atoms with Gasteiger partial charge in [0.2, 0.25) is 0 Å². The third kappa shape index (κ3) is 4.39. The zero-order valence-corrected chi connectivity index (χ0v) is 12.8. The highest BCUT2D eigenvalue weighted by molar-refractivity contribution is 9.10. The van der Waals surface area contributed by atoms with Crippen LogP contribution in [0, 0.1) is 11.6 Å². The smallest absolute Gasteiger partial charge is 0.127 e. The predicted molar refractivity (Wildman–Crippen MR) is 80.5 cm³/mol. The fourth-order valence-electron chi connectivity index (χ4n) is 2.01. The molecule has 0 aliphatic heterocycles. The summed E-state index contributed by atoms with van der Waals surface area (Å²) >= 11 is 3.39. The molecule has 0 fully saturated rings. The Kier molecular flexibility index (Phi) is 5.26. The number of benzene rings is 2. The molecule has 1 unspecified atom stereocenters. The first-order valence-corrected chi connectivity index (χ1v) is 7.25.